The van der Waals surface area contributed by atoms with E-state index in [0.29, 0.717) is 5.92 Å². The topological polar surface area (TPSA) is 52.6 Å². The Morgan fingerprint density at radius 3 is 2.83 bits per heavy atom. The van der Waals surface area contributed by atoms with Crippen LogP contribution < -0.4 is 5.32 Å². The lowest BCUT2D eigenvalue weighted by Crippen LogP contribution is -2.46. The number of nitrogens with zero attached hydrogens (tertiary/aromatic N) is 1. The molecule has 1 amide bonds. The highest BCUT2D eigenvalue weighted by Gasteiger charge is 2.26. The highest BCUT2D eigenvalue weighted by atomic mass is 19.3. The summed E-state index contributed by atoms with van der Waals surface area (Å²) >= 11 is 0. The lowest BCUT2D eigenvalue weighted by Gasteiger charge is -2.31. The molecule has 0 radical (unpaired) electrons. The lowest BCUT2D eigenvalue weighted by atomic mass is 9.90. The Bertz CT molecular complexity index is 264. The number of alkyl halides is 2. The van der Waals surface area contributed by atoms with Crippen LogP contribution in [0.2, 0.25) is 0 Å². The summed E-state index contributed by atoms with van der Waals surface area (Å²) in [6, 6.07) is 0.0603. The molecule has 0 spiro atoms. The van der Waals surface area contributed by atoms with Gasteiger partial charge >= 0.3 is 0 Å². The van der Waals surface area contributed by atoms with Crippen molar-refractivity contribution < 1.29 is 18.7 Å². The number of carbonyl (C=O) groups excluding carboxylic acids is 1. The van der Waals surface area contributed by atoms with E-state index in [1.807, 2.05) is 0 Å². The molecule has 1 rings (SSSR count). The van der Waals surface area contributed by atoms with Crippen LogP contribution >= 0.6 is 0 Å². The zero-order valence-electron chi connectivity index (χ0n) is 10.7. The Kier molecular flexibility index (Phi) is 6.49. The van der Waals surface area contributed by atoms with E-state index >= 15 is 0 Å². The molecule has 0 aromatic heterocycles. The number of aliphatic hydroxyl groups excluding tert-OH is 1. The van der Waals surface area contributed by atoms with Crippen molar-refractivity contribution in [3.05, 3.63) is 0 Å². The summed E-state index contributed by atoms with van der Waals surface area (Å²) in [5.41, 5.74) is 0. The van der Waals surface area contributed by atoms with Crippen LogP contribution in [0, 0.1) is 5.92 Å². The van der Waals surface area contributed by atoms with Gasteiger partial charge in [-0.3, -0.25) is 4.79 Å². The van der Waals surface area contributed by atoms with Gasteiger partial charge in [-0.15, -0.1) is 0 Å². The van der Waals surface area contributed by atoms with Crippen LogP contribution in [0.15, 0.2) is 0 Å². The van der Waals surface area contributed by atoms with Gasteiger partial charge in [-0.25, -0.2) is 8.78 Å². The first-order valence-corrected chi connectivity index (χ1v) is 6.44. The highest BCUT2D eigenvalue weighted by molar-refractivity contribution is 5.77. The molecule has 2 N–H and O–H groups in total. The molecule has 1 aliphatic heterocycles. The van der Waals surface area contributed by atoms with Gasteiger partial charge in [0.15, 0.2) is 0 Å². The van der Waals surface area contributed by atoms with Gasteiger partial charge in [0, 0.05) is 19.0 Å². The van der Waals surface area contributed by atoms with Gasteiger partial charge in [0.1, 0.15) is 0 Å². The van der Waals surface area contributed by atoms with Crippen molar-refractivity contribution in [1.29, 1.82) is 0 Å². The van der Waals surface area contributed by atoms with E-state index in [0.717, 1.165) is 24.3 Å². The smallest absolute Gasteiger partial charge is 0.255 e. The number of hydrogen-bond donors (Lipinski definition) is 2. The number of halogens is 2. The molecule has 0 bridgehead atoms. The predicted octanol–water partition coefficient (Wildman–Crippen LogP) is 0.851. The standard InChI is InChI=1S/C12H22F2N2O2/c1-9-3-2-4-15-10(9)7-12(18)16(5-6-17)8-11(13)14/h9-11,15,17H,2-8H2,1H3. The fraction of sp³-hybridized carbons (Fsp3) is 0.917. The lowest BCUT2D eigenvalue weighted by molar-refractivity contribution is -0.134. The monoisotopic (exact) mass is 264 g/mol. The second kappa shape index (κ2) is 7.63. The predicted molar refractivity (Wildman–Crippen MR) is 64.5 cm³/mol. The summed E-state index contributed by atoms with van der Waals surface area (Å²) in [7, 11) is 0. The minimum absolute atomic E-state index is 0.0235. The van der Waals surface area contributed by atoms with Gasteiger partial charge in [-0.1, -0.05) is 6.92 Å². The Morgan fingerprint density at radius 1 is 1.56 bits per heavy atom. The van der Waals surface area contributed by atoms with Crippen molar-refractivity contribution >= 4 is 5.91 Å². The number of rotatable bonds is 6. The number of carbonyl (C=O) groups is 1. The molecule has 2 atom stereocenters. The van der Waals surface area contributed by atoms with Crippen LogP contribution in [0.3, 0.4) is 0 Å². The van der Waals surface area contributed by atoms with Crippen molar-refractivity contribution in [2.24, 2.45) is 5.92 Å². The first-order chi connectivity index (χ1) is 8.54. The van der Waals surface area contributed by atoms with Crippen LogP contribution in [0.4, 0.5) is 8.78 Å². The normalized spacial score (nSPS) is 24.3. The molecule has 6 heteroatoms. The molecule has 1 heterocycles. The summed E-state index contributed by atoms with van der Waals surface area (Å²) in [5.74, 6) is 0.0702. The minimum Gasteiger partial charge on any atom is -0.395 e. The SMILES string of the molecule is CC1CCCNC1CC(=O)N(CCO)CC(F)F. The number of nitrogens with one attached hydrogen (secondary N) is 1. The van der Waals surface area contributed by atoms with E-state index in [1.54, 1.807) is 0 Å². The van der Waals surface area contributed by atoms with E-state index < -0.39 is 13.0 Å². The van der Waals surface area contributed by atoms with Gasteiger partial charge < -0.3 is 15.3 Å². The molecule has 1 saturated heterocycles. The summed E-state index contributed by atoms with van der Waals surface area (Å²) in [5, 5.41) is 12.1. The summed E-state index contributed by atoms with van der Waals surface area (Å²) in [6.45, 7) is 2.03. The zero-order valence-corrected chi connectivity index (χ0v) is 10.7. The third kappa shape index (κ3) is 4.86. The van der Waals surface area contributed by atoms with Crippen LogP contribution in [0.25, 0.3) is 0 Å². The van der Waals surface area contributed by atoms with Crippen LogP contribution in [-0.4, -0.2) is 54.6 Å². The van der Waals surface area contributed by atoms with Gasteiger partial charge in [-0.05, 0) is 25.3 Å². The quantitative estimate of drug-likeness (QED) is 0.748. The average molecular weight is 264 g/mol. The van der Waals surface area contributed by atoms with E-state index in [9.17, 15) is 13.6 Å². The molecule has 1 aliphatic rings. The minimum atomic E-state index is -2.56. The second-order valence-electron chi connectivity index (χ2n) is 4.84. The number of hydrogen-bond acceptors (Lipinski definition) is 3. The molecule has 1 fully saturated rings. The Hall–Kier alpha value is -0.750. The van der Waals surface area contributed by atoms with Crippen molar-refractivity contribution in [2.75, 3.05) is 26.2 Å². The van der Waals surface area contributed by atoms with Crippen molar-refractivity contribution in [3.8, 4) is 0 Å². The Labute approximate surface area is 106 Å². The summed E-state index contributed by atoms with van der Waals surface area (Å²) < 4.78 is 24.7. The molecular weight excluding hydrogens is 242 g/mol. The fourth-order valence-corrected chi connectivity index (χ4v) is 2.31. The van der Waals surface area contributed by atoms with Gasteiger partial charge in [-0.2, -0.15) is 0 Å². The molecule has 4 nitrogen and oxygen atoms in total. The zero-order chi connectivity index (χ0) is 13.5. The van der Waals surface area contributed by atoms with E-state index in [1.165, 1.54) is 0 Å². The Morgan fingerprint density at radius 2 is 2.28 bits per heavy atom. The molecule has 2 unspecified atom stereocenters. The molecule has 18 heavy (non-hydrogen) atoms. The molecule has 0 aliphatic carbocycles. The molecule has 0 saturated carbocycles. The van der Waals surface area contributed by atoms with Crippen molar-refractivity contribution in [1.82, 2.24) is 10.2 Å². The summed E-state index contributed by atoms with van der Waals surface area (Å²) in [6.07, 6.45) is -0.186. The number of piperidine rings is 1. The molecule has 0 aromatic rings. The van der Waals surface area contributed by atoms with Crippen LogP contribution in [0.5, 0.6) is 0 Å². The largest absolute Gasteiger partial charge is 0.395 e. The first-order valence-electron chi connectivity index (χ1n) is 6.44. The van der Waals surface area contributed by atoms with Gasteiger partial charge in [0.2, 0.25) is 5.91 Å². The average Bonchev–Trinajstić information content (AvgIpc) is 2.31. The van der Waals surface area contributed by atoms with Gasteiger partial charge in [0.25, 0.3) is 6.43 Å². The van der Waals surface area contributed by atoms with Crippen molar-refractivity contribution in [3.63, 3.8) is 0 Å². The highest BCUT2D eigenvalue weighted by Crippen LogP contribution is 2.19. The van der Waals surface area contributed by atoms with E-state index in [-0.39, 0.29) is 31.5 Å². The second-order valence-corrected chi connectivity index (χ2v) is 4.84. The summed E-state index contributed by atoms with van der Waals surface area (Å²) in [4.78, 5) is 13.0. The van der Waals surface area contributed by atoms with E-state index in [2.05, 4.69) is 12.2 Å². The molecule has 106 valence electrons. The van der Waals surface area contributed by atoms with E-state index in [4.69, 9.17) is 5.11 Å². The Balaban J connectivity index is 2.48. The van der Waals surface area contributed by atoms with Crippen molar-refractivity contribution in [2.45, 2.75) is 38.7 Å². The van der Waals surface area contributed by atoms with Gasteiger partial charge in [0.05, 0.1) is 13.2 Å². The molecule has 0 aromatic carbocycles. The van der Waals surface area contributed by atoms with Crippen LogP contribution in [-0.2, 0) is 4.79 Å². The van der Waals surface area contributed by atoms with Crippen LogP contribution in [0.1, 0.15) is 26.2 Å². The third-order valence-corrected chi connectivity index (χ3v) is 3.41. The number of aliphatic hydroxyl groups is 1. The maximum absolute atomic E-state index is 12.3. The maximum atomic E-state index is 12.3. The first kappa shape index (κ1) is 15.3. The molecular formula is C12H22F2N2O2. The maximum Gasteiger partial charge on any atom is 0.255 e. The number of amides is 1. The fourth-order valence-electron chi connectivity index (χ4n) is 2.31. The third-order valence-electron chi connectivity index (χ3n) is 3.41.